The highest BCUT2D eigenvalue weighted by atomic mass is 32.2. The van der Waals surface area contributed by atoms with Crippen LogP contribution in [0.1, 0.15) is 34.6 Å². The van der Waals surface area contributed by atoms with E-state index in [1.54, 1.807) is 11.8 Å². The van der Waals surface area contributed by atoms with E-state index in [1.165, 1.54) is 5.56 Å². The molecule has 128 valence electrons. The Labute approximate surface area is 152 Å². The van der Waals surface area contributed by atoms with E-state index in [1.807, 2.05) is 55.5 Å². The molecular formula is C20H21N3OS. The zero-order valence-corrected chi connectivity index (χ0v) is 15.1. The molecule has 5 heteroatoms. The number of benzene rings is 2. The van der Waals surface area contributed by atoms with Gasteiger partial charge in [-0.1, -0.05) is 72.4 Å². The summed E-state index contributed by atoms with van der Waals surface area (Å²) in [7, 11) is 0. The zero-order chi connectivity index (χ0) is 17.5. The topological polar surface area (TPSA) is 47.8 Å². The molecule has 0 radical (unpaired) electrons. The van der Waals surface area contributed by atoms with Crippen LogP contribution in [-0.4, -0.2) is 26.3 Å². The summed E-state index contributed by atoms with van der Waals surface area (Å²) in [5.74, 6) is 1.96. The summed E-state index contributed by atoms with van der Waals surface area (Å²) in [6.07, 6.45) is 1.39. The number of hydrogen-bond donors (Lipinski definition) is 0. The maximum atomic E-state index is 12.1. The minimum absolute atomic E-state index is 0.197. The van der Waals surface area contributed by atoms with Crippen LogP contribution >= 0.6 is 11.8 Å². The molecule has 25 heavy (non-hydrogen) atoms. The SMILES string of the molecule is Cc1nnc(SCCCC(=O)c2ccccc2)n1Cc1ccccc1. The molecule has 0 aliphatic heterocycles. The average molecular weight is 351 g/mol. The third kappa shape index (κ3) is 4.79. The maximum Gasteiger partial charge on any atom is 0.191 e. The Morgan fingerprint density at radius 1 is 1.00 bits per heavy atom. The fourth-order valence-corrected chi connectivity index (χ4v) is 3.50. The Balaban J connectivity index is 1.53. The summed E-state index contributed by atoms with van der Waals surface area (Å²) in [6.45, 7) is 2.74. The van der Waals surface area contributed by atoms with Gasteiger partial charge < -0.3 is 4.57 Å². The van der Waals surface area contributed by atoms with Crippen LogP contribution in [0, 0.1) is 6.92 Å². The Morgan fingerprint density at radius 3 is 2.40 bits per heavy atom. The molecule has 0 unspecified atom stereocenters. The van der Waals surface area contributed by atoms with Crippen molar-refractivity contribution in [1.82, 2.24) is 14.8 Å². The smallest absolute Gasteiger partial charge is 0.191 e. The number of carbonyl (C=O) groups is 1. The monoisotopic (exact) mass is 351 g/mol. The van der Waals surface area contributed by atoms with Gasteiger partial charge >= 0.3 is 0 Å². The lowest BCUT2D eigenvalue weighted by Gasteiger charge is -2.08. The lowest BCUT2D eigenvalue weighted by atomic mass is 10.1. The second kappa shape index (κ2) is 8.62. The predicted molar refractivity (Wildman–Crippen MR) is 101 cm³/mol. The molecule has 2 aromatic carbocycles. The molecule has 1 aromatic heterocycles. The van der Waals surface area contributed by atoms with E-state index in [2.05, 4.69) is 26.9 Å². The molecule has 0 atom stereocenters. The Morgan fingerprint density at radius 2 is 1.68 bits per heavy atom. The molecule has 0 aliphatic rings. The standard InChI is InChI=1S/C20H21N3OS/c1-16-21-22-20(23(16)15-17-9-4-2-5-10-17)25-14-8-13-19(24)18-11-6-3-7-12-18/h2-7,9-12H,8,13-15H2,1H3. The fraction of sp³-hybridized carbons (Fsp3) is 0.250. The van der Waals surface area contributed by atoms with Gasteiger partial charge in [-0.05, 0) is 18.9 Å². The van der Waals surface area contributed by atoms with E-state index >= 15 is 0 Å². The quantitative estimate of drug-likeness (QED) is 0.343. The van der Waals surface area contributed by atoms with Gasteiger partial charge in [-0.15, -0.1) is 10.2 Å². The minimum Gasteiger partial charge on any atom is -0.302 e. The molecule has 0 amide bonds. The average Bonchev–Trinajstić information content (AvgIpc) is 3.00. The summed E-state index contributed by atoms with van der Waals surface area (Å²) < 4.78 is 2.12. The summed E-state index contributed by atoms with van der Waals surface area (Å²) in [6, 6.07) is 19.8. The van der Waals surface area contributed by atoms with Crippen LogP contribution in [0.4, 0.5) is 0 Å². The molecule has 0 fully saturated rings. The number of thioether (sulfide) groups is 1. The van der Waals surface area contributed by atoms with Gasteiger partial charge in [0.15, 0.2) is 10.9 Å². The van der Waals surface area contributed by atoms with E-state index < -0.39 is 0 Å². The molecule has 0 spiro atoms. The molecule has 3 aromatic rings. The molecule has 3 rings (SSSR count). The number of ketones is 1. The summed E-state index contributed by atoms with van der Waals surface area (Å²) >= 11 is 1.66. The van der Waals surface area contributed by atoms with E-state index in [0.717, 1.165) is 35.3 Å². The predicted octanol–water partition coefficient (Wildman–Crippen LogP) is 4.39. The number of carbonyl (C=O) groups excluding carboxylic acids is 1. The van der Waals surface area contributed by atoms with Crippen LogP contribution < -0.4 is 0 Å². The largest absolute Gasteiger partial charge is 0.302 e. The first-order chi connectivity index (χ1) is 12.2. The molecule has 4 nitrogen and oxygen atoms in total. The summed E-state index contributed by atoms with van der Waals surface area (Å²) in [5.41, 5.74) is 2.02. The second-order valence-electron chi connectivity index (χ2n) is 5.84. The Bertz CT molecular complexity index is 815. The van der Waals surface area contributed by atoms with Gasteiger partial charge in [-0.2, -0.15) is 0 Å². The van der Waals surface area contributed by atoms with Crippen LogP contribution in [0.15, 0.2) is 65.8 Å². The van der Waals surface area contributed by atoms with Gasteiger partial charge in [0, 0.05) is 17.7 Å². The van der Waals surface area contributed by atoms with Gasteiger partial charge in [-0.25, -0.2) is 0 Å². The van der Waals surface area contributed by atoms with Crippen molar-refractivity contribution in [3.63, 3.8) is 0 Å². The van der Waals surface area contributed by atoms with Gasteiger partial charge in [0.05, 0.1) is 6.54 Å². The second-order valence-corrected chi connectivity index (χ2v) is 6.90. The first-order valence-electron chi connectivity index (χ1n) is 8.39. The number of aryl methyl sites for hydroxylation is 1. The molecule has 0 saturated carbocycles. The molecular weight excluding hydrogens is 330 g/mol. The van der Waals surface area contributed by atoms with Crippen molar-refractivity contribution >= 4 is 17.5 Å². The van der Waals surface area contributed by atoms with Crippen LogP contribution in [0.2, 0.25) is 0 Å². The number of nitrogens with zero attached hydrogens (tertiary/aromatic N) is 3. The Hall–Kier alpha value is -2.40. The van der Waals surface area contributed by atoms with Crippen molar-refractivity contribution in [2.45, 2.75) is 31.5 Å². The van der Waals surface area contributed by atoms with Crippen LogP contribution in [0.25, 0.3) is 0 Å². The summed E-state index contributed by atoms with van der Waals surface area (Å²) in [5, 5.41) is 9.39. The first kappa shape index (κ1) is 17.4. The van der Waals surface area contributed by atoms with Crippen molar-refractivity contribution in [2.75, 3.05) is 5.75 Å². The van der Waals surface area contributed by atoms with E-state index in [9.17, 15) is 4.79 Å². The molecule has 0 bridgehead atoms. The highest BCUT2D eigenvalue weighted by Crippen LogP contribution is 2.20. The van der Waals surface area contributed by atoms with Crippen LogP contribution in [0.3, 0.4) is 0 Å². The highest BCUT2D eigenvalue weighted by molar-refractivity contribution is 7.99. The minimum atomic E-state index is 0.197. The van der Waals surface area contributed by atoms with Crippen molar-refractivity contribution in [3.05, 3.63) is 77.6 Å². The number of aromatic nitrogens is 3. The third-order valence-corrected chi connectivity index (χ3v) is 5.01. The van der Waals surface area contributed by atoms with E-state index in [4.69, 9.17) is 0 Å². The normalized spacial score (nSPS) is 10.8. The maximum absolute atomic E-state index is 12.1. The van der Waals surface area contributed by atoms with E-state index in [0.29, 0.717) is 6.42 Å². The summed E-state index contributed by atoms with van der Waals surface area (Å²) in [4.78, 5) is 12.1. The molecule has 0 aliphatic carbocycles. The van der Waals surface area contributed by atoms with Crippen molar-refractivity contribution in [3.8, 4) is 0 Å². The van der Waals surface area contributed by atoms with Crippen molar-refractivity contribution in [2.24, 2.45) is 0 Å². The molecule has 0 saturated heterocycles. The molecule has 1 heterocycles. The highest BCUT2D eigenvalue weighted by Gasteiger charge is 2.11. The number of rotatable bonds is 8. The Kier molecular flexibility index (Phi) is 6.01. The third-order valence-electron chi connectivity index (χ3n) is 3.96. The lowest BCUT2D eigenvalue weighted by molar-refractivity contribution is 0.0982. The van der Waals surface area contributed by atoms with Gasteiger partial charge in [0.2, 0.25) is 0 Å². The fourth-order valence-electron chi connectivity index (χ4n) is 2.58. The molecule has 0 N–H and O–H groups in total. The van der Waals surface area contributed by atoms with E-state index in [-0.39, 0.29) is 5.78 Å². The van der Waals surface area contributed by atoms with Crippen molar-refractivity contribution < 1.29 is 4.79 Å². The number of hydrogen-bond acceptors (Lipinski definition) is 4. The number of Topliss-reactive ketones (excluding diaryl/α,β-unsaturated/α-hetero) is 1. The van der Waals surface area contributed by atoms with Crippen molar-refractivity contribution in [1.29, 1.82) is 0 Å². The lowest BCUT2D eigenvalue weighted by Crippen LogP contribution is -2.04. The van der Waals surface area contributed by atoms with Crippen LogP contribution in [0.5, 0.6) is 0 Å². The van der Waals surface area contributed by atoms with Crippen LogP contribution in [-0.2, 0) is 6.54 Å². The first-order valence-corrected chi connectivity index (χ1v) is 9.37. The van der Waals surface area contributed by atoms with Gasteiger partial charge in [-0.3, -0.25) is 4.79 Å². The van der Waals surface area contributed by atoms with Gasteiger partial charge in [0.25, 0.3) is 0 Å². The zero-order valence-electron chi connectivity index (χ0n) is 14.3. The van der Waals surface area contributed by atoms with Gasteiger partial charge in [0.1, 0.15) is 5.82 Å².